The molecule has 3 rings (SSSR count). The predicted octanol–water partition coefficient (Wildman–Crippen LogP) is 3.67. The van der Waals surface area contributed by atoms with Gasteiger partial charge in [-0.15, -0.1) is 0 Å². The van der Waals surface area contributed by atoms with Crippen LogP contribution in [0.15, 0.2) is 36.5 Å². The Morgan fingerprint density at radius 3 is 2.56 bits per heavy atom. The second kappa shape index (κ2) is 5.99. The molecule has 1 aromatic heterocycles. The van der Waals surface area contributed by atoms with Crippen molar-refractivity contribution in [2.24, 2.45) is 0 Å². The first-order valence-electron chi connectivity index (χ1n) is 8.44. The molecular weight excluding hydrogens is 314 g/mol. The van der Waals surface area contributed by atoms with E-state index >= 15 is 0 Å². The zero-order chi connectivity index (χ0) is 18.4. The van der Waals surface area contributed by atoms with Crippen LogP contribution in [0.1, 0.15) is 49.3 Å². The SMILES string of the molecule is Cc1cc(C(=O)Nc2ccc3c(c2)N(C(C)C)C(=O)C3(C)C)ccn1. The van der Waals surface area contributed by atoms with Gasteiger partial charge in [0.25, 0.3) is 5.91 Å². The van der Waals surface area contributed by atoms with Crippen molar-refractivity contribution >= 4 is 23.2 Å². The maximum absolute atomic E-state index is 12.7. The molecule has 25 heavy (non-hydrogen) atoms. The number of anilines is 2. The Hall–Kier alpha value is -2.69. The fourth-order valence-corrected chi connectivity index (χ4v) is 3.27. The van der Waals surface area contributed by atoms with Crippen LogP contribution in [0, 0.1) is 6.92 Å². The van der Waals surface area contributed by atoms with Crippen LogP contribution in [0.2, 0.25) is 0 Å². The van der Waals surface area contributed by atoms with Gasteiger partial charge >= 0.3 is 0 Å². The molecule has 0 aliphatic carbocycles. The molecule has 0 unspecified atom stereocenters. The van der Waals surface area contributed by atoms with Gasteiger partial charge in [0.15, 0.2) is 0 Å². The molecule has 1 aliphatic heterocycles. The van der Waals surface area contributed by atoms with Gasteiger partial charge in [-0.3, -0.25) is 14.6 Å². The Balaban J connectivity index is 1.94. The number of rotatable bonds is 3. The fourth-order valence-electron chi connectivity index (χ4n) is 3.27. The zero-order valence-corrected chi connectivity index (χ0v) is 15.3. The van der Waals surface area contributed by atoms with Crippen LogP contribution in [0.3, 0.4) is 0 Å². The number of amides is 2. The number of nitrogens with zero attached hydrogens (tertiary/aromatic N) is 2. The lowest BCUT2D eigenvalue weighted by Gasteiger charge is -2.24. The summed E-state index contributed by atoms with van der Waals surface area (Å²) in [7, 11) is 0. The third kappa shape index (κ3) is 2.90. The van der Waals surface area contributed by atoms with Gasteiger partial charge in [-0.1, -0.05) is 6.07 Å². The molecule has 130 valence electrons. The normalized spacial score (nSPS) is 15.4. The lowest BCUT2D eigenvalue weighted by atomic mass is 9.86. The van der Waals surface area contributed by atoms with E-state index in [4.69, 9.17) is 0 Å². The summed E-state index contributed by atoms with van der Waals surface area (Å²) in [6.45, 7) is 9.71. The smallest absolute Gasteiger partial charge is 0.255 e. The molecule has 5 heteroatoms. The number of pyridine rings is 1. The van der Waals surface area contributed by atoms with Gasteiger partial charge < -0.3 is 10.2 Å². The van der Waals surface area contributed by atoms with Crippen LogP contribution in [0.5, 0.6) is 0 Å². The summed E-state index contributed by atoms with van der Waals surface area (Å²) in [4.78, 5) is 31.1. The number of aryl methyl sites for hydroxylation is 1. The third-order valence-electron chi connectivity index (χ3n) is 4.62. The van der Waals surface area contributed by atoms with Crippen molar-refractivity contribution in [2.75, 3.05) is 10.2 Å². The highest BCUT2D eigenvalue weighted by Gasteiger charge is 2.44. The highest BCUT2D eigenvalue weighted by Crippen LogP contribution is 2.43. The maximum Gasteiger partial charge on any atom is 0.255 e. The van der Waals surface area contributed by atoms with E-state index in [0.29, 0.717) is 11.3 Å². The Morgan fingerprint density at radius 1 is 1.20 bits per heavy atom. The van der Waals surface area contributed by atoms with E-state index in [1.165, 1.54) is 0 Å². The molecule has 0 atom stereocenters. The monoisotopic (exact) mass is 337 g/mol. The molecule has 0 saturated heterocycles. The predicted molar refractivity (Wildman–Crippen MR) is 99.0 cm³/mol. The summed E-state index contributed by atoms with van der Waals surface area (Å²) in [6, 6.07) is 9.15. The summed E-state index contributed by atoms with van der Waals surface area (Å²) >= 11 is 0. The first-order valence-corrected chi connectivity index (χ1v) is 8.44. The van der Waals surface area contributed by atoms with Gasteiger partial charge in [0.05, 0.1) is 11.1 Å². The molecule has 2 heterocycles. The number of hydrogen-bond acceptors (Lipinski definition) is 3. The number of carbonyl (C=O) groups is 2. The van der Waals surface area contributed by atoms with E-state index in [1.54, 1.807) is 18.3 Å². The minimum absolute atomic E-state index is 0.0572. The van der Waals surface area contributed by atoms with Crippen molar-refractivity contribution in [3.63, 3.8) is 0 Å². The van der Waals surface area contributed by atoms with Crippen molar-refractivity contribution in [1.82, 2.24) is 4.98 Å². The summed E-state index contributed by atoms with van der Waals surface area (Å²) < 4.78 is 0. The number of benzene rings is 1. The van der Waals surface area contributed by atoms with Crippen LogP contribution in [-0.4, -0.2) is 22.8 Å². The van der Waals surface area contributed by atoms with E-state index in [-0.39, 0.29) is 17.9 Å². The second-order valence-corrected chi connectivity index (χ2v) is 7.27. The molecule has 0 bridgehead atoms. The van der Waals surface area contributed by atoms with Crippen molar-refractivity contribution in [1.29, 1.82) is 0 Å². The molecule has 1 N–H and O–H groups in total. The van der Waals surface area contributed by atoms with Crippen LogP contribution in [-0.2, 0) is 10.2 Å². The van der Waals surface area contributed by atoms with Crippen molar-refractivity contribution in [3.8, 4) is 0 Å². The van der Waals surface area contributed by atoms with Crippen LogP contribution < -0.4 is 10.2 Å². The van der Waals surface area contributed by atoms with E-state index in [9.17, 15) is 9.59 Å². The Labute approximate surface area is 148 Å². The molecule has 5 nitrogen and oxygen atoms in total. The average Bonchev–Trinajstić information content (AvgIpc) is 2.74. The lowest BCUT2D eigenvalue weighted by molar-refractivity contribution is -0.122. The van der Waals surface area contributed by atoms with Crippen LogP contribution >= 0.6 is 0 Å². The topological polar surface area (TPSA) is 62.3 Å². The summed E-state index contributed by atoms with van der Waals surface area (Å²) in [5, 5.41) is 2.91. The number of carbonyl (C=O) groups excluding carboxylic acids is 2. The average molecular weight is 337 g/mol. The minimum Gasteiger partial charge on any atom is -0.322 e. The van der Waals surface area contributed by atoms with E-state index < -0.39 is 5.41 Å². The molecular formula is C20H23N3O2. The van der Waals surface area contributed by atoms with E-state index in [0.717, 1.165) is 16.9 Å². The van der Waals surface area contributed by atoms with E-state index in [1.807, 2.05) is 57.7 Å². The van der Waals surface area contributed by atoms with Crippen molar-refractivity contribution in [2.45, 2.75) is 46.1 Å². The molecule has 0 fully saturated rings. The van der Waals surface area contributed by atoms with Gasteiger partial charge in [0.1, 0.15) is 0 Å². The largest absolute Gasteiger partial charge is 0.322 e. The first-order chi connectivity index (χ1) is 11.7. The molecule has 0 radical (unpaired) electrons. The van der Waals surface area contributed by atoms with E-state index in [2.05, 4.69) is 10.3 Å². The molecule has 1 aliphatic rings. The maximum atomic E-state index is 12.7. The number of hydrogen-bond donors (Lipinski definition) is 1. The summed E-state index contributed by atoms with van der Waals surface area (Å²) in [5.41, 5.74) is 3.33. The van der Waals surface area contributed by atoms with Crippen molar-refractivity contribution < 1.29 is 9.59 Å². The lowest BCUT2D eigenvalue weighted by Crippen LogP contribution is -2.40. The van der Waals surface area contributed by atoms with Gasteiger partial charge in [-0.05, 0) is 64.4 Å². The van der Waals surface area contributed by atoms with Gasteiger partial charge in [0.2, 0.25) is 5.91 Å². The quantitative estimate of drug-likeness (QED) is 0.929. The Bertz CT molecular complexity index is 856. The van der Waals surface area contributed by atoms with Gasteiger partial charge in [-0.25, -0.2) is 0 Å². The summed E-state index contributed by atoms with van der Waals surface area (Å²) in [6.07, 6.45) is 1.62. The second-order valence-electron chi connectivity index (χ2n) is 7.27. The number of fused-ring (bicyclic) bond motifs is 1. The van der Waals surface area contributed by atoms with Crippen LogP contribution in [0.4, 0.5) is 11.4 Å². The molecule has 2 aromatic rings. The van der Waals surface area contributed by atoms with Gasteiger partial charge in [-0.2, -0.15) is 0 Å². The van der Waals surface area contributed by atoms with Gasteiger partial charge in [0, 0.05) is 29.2 Å². The van der Waals surface area contributed by atoms with Crippen LogP contribution in [0.25, 0.3) is 0 Å². The standard InChI is InChI=1S/C20H23N3O2/c1-12(2)23-17-11-15(6-7-16(17)20(4,5)19(23)25)22-18(24)14-8-9-21-13(3)10-14/h6-12H,1-5H3,(H,22,24). The minimum atomic E-state index is -0.551. The fraction of sp³-hybridized carbons (Fsp3) is 0.350. The summed E-state index contributed by atoms with van der Waals surface area (Å²) in [5.74, 6) is -0.101. The molecule has 0 spiro atoms. The molecule has 2 amide bonds. The number of nitrogens with one attached hydrogen (secondary N) is 1. The highest BCUT2D eigenvalue weighted by molar-refractivity contribution is 6.09. The first kappa shape index (κ1) is 17.1. The number of aromatic nitrogens is 1. The van der Waals surface area contributed by atoms with Crippen molar-refractivity contribution in [3.05, 3.63) is 53.3 Å². The Morgan fingerprint density at radius 2 is 1.92 bits per heavy atom. The molecule has 0 saturated carbocycles. The highest BCUT2D eigenvalue weighted by atomic mass is 16.2. The zero-order valence-electron chi connectivity index (χ0n) is 15.3. The third-order valence-corrected chi connectivity index (χ3v) is 4.62. The Kier molecular flexibility index (Phi) is 4.11. The molecule has 1 aromatic carbocycles.